The van der Waals surface area contributed by atoms with Crippen LogP contribution in [0, 0.1) is 35.5 Å². The first-order chi connectivity index (χ1) is 6.54. The van der Waals surface area contributed by atoms with Gasteiger partial charge >= 0.3 is 0 Å². The molecular weight excluding hydrogens is 174 g/mol. The number of nitrogens with two attached hydrogens (primary N) is 1. The van der Waals surface area contributed by atoms with Crippen molar-refractivity contribution in [3.63, 3.8) is 0 Å². The van der Waals surface area contributed by atoms with Crippen LogP contribution in [0.2, 0.25) is 0 Å². The second kappa shape index (κ2) is 3.25. The highest BCUT2D eigenvalue weighted by molar-refractivity contribution is 5.80. The maximum Gasteiger partial charge on any atom is 0.221 e. The van der Waals surface area contributed by atoms with E-state index in [1.54, 1.807) is 0 Å². The van der Waals surface area contributed by atoms with Crippen molar-refractivity contribution < 1.29 is 4.79 Å². The van der Waals surface area contributed by atoms with Crippen LogP contribution in [0.25, 0.3) is 0 Å². The van der Waals surface area contributed by atoms with E-state index in [1.165, 1.54) is 12.8 Å². The number of fused-ring (bicyclic) bond motifs is 1. The first-order valence-corrected chi connectivity index (χ1v) is 5.83. The third-order valence-corrected chi connectivity index (χ3v) is 4.42. The lowest BCUT2D eigenvalue weighted by Gasteiger charge is -2.28. The Morgan fingerprint density at radius 2 is 1.93 bits per heavy atom. The lowest BCUT2D eigenvalue weighted by molar-refractivity contribution is -0.119. The molecule has 0 aromatic rings. The summed E-state index contributed by atoms with van der Waals surface area (Å²) in [6.45, 7) is 6.82. The first-order valence-electron chi connectivity index (χ1n) is 5.83. The molecule has 0 saturated heterocycles. The van der Waals surface area contributed by atoms with Crippen molar-refractivity contribution in [3.05, 3.63) is 0 Å². The highest BCUT2D eigenvalue weighted by Gasteiger charge is 2.61. The van der Waals surface area contributed by atoms with E-state index in [2.05, 4.69) is 20.8 Å². The van der Waals surface area contributed by atoms with Crippen molar-refractivity contribution in [2.45, 2.75) is 33.6 Å². The summed E-state index contributed by atoms with van der Waals surface area (Å²) in [6.07, 6.45) is 2.58. The topological polar surface area (TPSA) is 43.1 Å². The van der Waals surface area contributed by atoms with Crippen molar-refractivity contribution >= 4 is 5.91 Å². The molecule has 0 aromatic carbocycles. The van der Waals surface area contributed by atoms with Gasteiger partial charge in [-0.2, -0.15) is 0 Å². The molecular formula is C12H21NO. The van der Waals surface area contributed by atoms with Crippen LogP contribution in [0.5, 0.6) is 0 Å². The summed E-state index contributed by atoms with van der Waals surface area (Å²) >= 11 is 0. The maximum absolute atomic E-state index is 11.3. The third kappa shape index (κ3) is 1.35. The van der Waals surface area contributed by atoms with Crippen LogP contribution in [0.3, 0.4) is 0 Å². The zero-order valence-corrected chi connectivity index (χ0v) is 9.36. The molecule has 0 spiro atoms. The van der Waals surface area contributed by atoms with Gasteiger partial charge in [-0.25, -0.2) is 0 Å². The van der Waals surface area contributed by atoms with Gasteiger partial charge in [0.1, 0.15) is 0 Å². The minimum absolute atomic E-state index is 0.0561. The fourth-order valence-corrected chi connectivity index (χ4v) is 3.64. The number of hydrogen-bond donors (Lipinski definition) is 1. The molecule has 2 nitrogen and oxygen atoms in total. The van der Waals surface area contributed by atoms with Crippen LogP contribution in [-0.2, 0) is 4.79 Å². The van der Waals surface area contributed by atoms with E-state index in [-0.39, 0.29) is 11.8 Å². The smallest absolute Gasteiger partial charge is 0.221 e. The Labute approximate surface area is 86.2 Å². The van der Waals surface area contributed by atoms with E-state index in [0.29, 0.717) is 23.7 Å². The Kier molecular flexibility index (Phi) is 2.32. The van der Waals surface area contributed by atoms with Crippen LogP contribution in [0.15, 0.2) is 0 Å². The quantitative estimate of drug-likeness (QED) is 0.720. The Morgan fingerprint density at radius 3 is 2.43 bits per heavy atom. The molecule has 2 saturated carbocycles. The molecule has 2 heteroatoms. The lowest BCUT2D eigenvalue weighted by atomic mass is 9.77. The van der Waals surface area contributed by atoms with E-state index < -0.39 is 0 Å². The molecule has 14 heavy (non-hydrogen) atoms. The number of primary amides is 1. The third-order valence-electron chi connectivity index (χ3n) is 4.42. The molecule has 2 N–H and O–H groups in total. The van der Waals surface area contributed by atoms with Gasteiger partial charge in [0.05, 0.1) is 0 Å². The summed E-state index contributed by atoms with van der Waals surface area (Å²) in [7, 11) is 0. The average Bonchev–Trinajstić information content (AvgIpc) is 2.79. The minimum Gasteiger partial charge on any atom is -0.369 e. The van der Waals surface area contributed by atoms with E-state index in [4.69, 9.17) is 5.73 Å². The van der Waals surface area contributed by atoms with Crippen molar-refractivity contribution in [3.8, 4) is 0 Å². The van der Waals surface area contributed by atoms with Crippen LogP contribution in [0.4, 0.5) is 0 Å². The molecule has 2 aliphatic carbocycles. The molecule has 0 bridgehead atoms. The largest absolute Gasteiger partial charge is 0.369 e. The molecule has 5 atom stereocenters. The van der Waals surface area contributed by atoms with Gasteiger partial charge in [0.15, 0.2) is 0 Å². The summed E-state index contributed by atoms with van der Waals surface area (Å²) < 4.78 is 0. The second-order valence-electron chi connectivity index (χ2n) is 5.55. The molecule has 80 valence electrons. The van der Waals surface area contributed by atoms with Crippen LogP contribution >= 0.6 is 0 Å². The van der Waals surface area contributed by atoms with E-state index >= 15 is 0 Å². The predicted molar refractivity (Wildman–Crippen MR) is 56.4 cm³/mol. The second-order valence-corrected chi connectivity index (χ2v) is 5.55. The molecule has 3 unspecified atom stereocenters. The van der Waals surface area contributed by atoms with E-state index in [1.807, 2.05) is 0 Å². The van der Waals surface area contributed by atoms with Gasteiger partial charge in [0.2, 0.25) is 5.91 Å². The number of carbonyl (C=O) groups excluding carboxylic acids is 1. The SMILES string of the molecule is CC(C)[C@@H]1CC[C@@H](C)C2C(C(N)=O)C21. The Morgan fingerprint density at radius 1 is 1.29 bits per heavy atom. The fourth-order valence-electron chi connectivity index (χ4n) is 3.64. The first kappa shape index (κ1) is 10.0. The lowest BCUT2D eigenvalue weighted by Crippen LogP contribution is -2.20. The number of rotatable bonds is 2. The molecule has 0 heterocycles. The van der Waals surface area contributed by atoms with Gasteiger partial charge in [-0.15, -0.1) is 0 Å². The standard InChI is InChI=1S/C12H21NO/c1-6(2)8-5-4-7(3)9-10(8)11(9)12(13)14/h6-11H,4-5H2,1-3H3,(H2,13,14)/t7-,8+,9?,10?,11?/m1/s1. The fraction of sp³-hybridized carbons (Fsp3) is 0.917. The van der Waals surface area contributed by atoms with Crippen molar-refractivity contribution in [1.82, 2.24) is 0 Å². The van der Waals surface area contributed by atoms with Gasteiger partial charge in [-0.3, -0.25) is 4.79 Å². The Bertz CT molecular complexity index is 249. The molecule has 2 aliphatic rings. The molecule has 2 rings (SSSR count). The zero-order chi connectivity index (χ0) is 10.5. The summed E-state index contributed by atoms with van der Waals surface area (Å²) in [6, 6.07) is 0. The van der Waals surface area contributed by atoms with Gasteiger partial charge < -0.3 is 5.73 Å². The van der Waals surface area contributed by atoms with Crippen molar-refractivity contribution in [2.75, 3.05) is 0 Å². The monoisotopic (exact) mass is 195 g/mol. The normalized spacial score (nSPS) is 46.1. The Balaban J connectivity index is 2.11. The summed E-state index contributed by atoms with van der Waals surface area (Å²) in [5.74, 6) is 3.56. The minimum atomic E-state index is -0.0561. The maximum atomic E-state index is 11.3. The van der Waals surface area contributed by atoms with Crippen molar-refractivity contribution in [2.24, 2.45) is 41.2 Å². The zero-order valence-electron chi connectivity index (χ0n) is 9.36. The molecule has 1 amide bonds. The van der Waals surface area contributed by atoms with Gasteiger partial charge in [-0.05, 0) is 36.0 Å². The number of hydrogen-bond acceptors (Lipinski definition) is 1. The summed E-state index contributed by atoms with van der Waals surface area (Å²) in [5.41, 5.74) is 5.44. The molecule has 0 radical (unpaired) electrons. The van der Waals surface area contributed by atoms with E-state index in [9.17, 15) is 4.79 Å². The summed E-state index contributed by atoms with van der Waals surface area (Å²) in [4.78, 5) is 11.3. The number of carbonyl (C=O) groups is 1. The van der Waals surface area contributed by atoms with E-state index in [0.717, 1.165) is 5.92 Å². The predicted octanol–water partition coefficient (Wildman–Crippen LogP) is 2.04. The van der Waals surface area contributed by atoms with Gasteiger partial charge in [0.25, 0.3) is 0 Å². The molecule has 0 aliphatic heterocycles. The highest BCUT2D eigenvalue weighted by atomic mass is 16.1. The van der Waals surface area contributed by atoms with Gasteiger partial charge in [0, 0.05) is 5.92 Å². The average molecular weight is 195 g/mol. The van der Waals surface area contributed by atoms with Crippen LogP contribution in [0.1, 0.15) is 33.6 Å². The Hall–Kier alpha value is -0.530. The van der Waals surface area contributed by atoms with Crippen LogP contribution in [-0.4, -0.2) is 5.91 Å². The molecule has 2 fully saturated rings. The van der Waals surface area contributed by atoms with Gasteiger partial charge in [-0.1, -0.05) is 27.2 Å². The molecule has 0 aromatic heterocycles. The van der Waals surface area contributed by atoms with Crippen molar-refractivity contribution in [1.29, 1.82) is 0 Å². The highest BCUT2D eigenvalue weighted by Crippen LogP contribution is 2.61. The summed E-state index contributed by atoms with van der Waals surface area (Å²) in [5, 5.41) is 0. The van der Waals surface area contributed by atoms with Crippen LogP contribution < -0.4 is 5.73 Å². The number of amides is 1.